The topological polar surface area (TPSA) is 30.5 Å². The first kappa shape index (κ1) is 16.2. The molecule has 0 radical (unpaired) electrons. The second-order valence-electron chi connectivity index (χ2n) is 5.26. The standard InChI is InChI=1S/C19H25NO2/c1-4-16-6-10-19(11-7-16)22-15(3)14-20-17-8-12-18(13-9-17)21-5-2/h6-13,15,20H,4-5,14H2,1-3H3. The molecular weight excluding hydrogens is 274 g/mol. The third-order valence-electron chi connectivity index (χ3n) is 3.43. The van der Waals surface area contributed by atoms with E-state index in [1.54, 1.807) is 0 Å². The highest BCUT2D eigenvalue weighted by molar-refractivity contribution is 5.46. The smallest absolute Gasteiger partial charge is 0.119 e. The minimum absolute atomic E-state index is 0.0963. The first-order chi connectivity index (χ1) is 10.7. The van der Waals surface area contributed by atoms with Crippen LogP contribution >= 0.6 is 0 Å². The first-order valence-electron chi connectivity index (χ1n) is 7.93. The predicted molar refractivity (Wildman–Crippen MR) is 92.0 cm³/mol. The fourth-order valence-electron chi connectivity index (χ4n) is 2.17. The van der Waals surface area contributed by atoms with Gasteiger partial charge in [0.1, 0.15) is 17.6 Å². The van der Waals surface area contributed by atoms with Gasteiger partial charge in [0, 0.05) is 5.69 Å². The van der Waals surface area contributed by atoms with E-state index < -0.39 is 0 Å². The van der Waals surface area contributed by atoms with Gasteiger partial charge in [0.15, 0.2) is 0 Å². The molecule has 0 aliphatic carbocycles. The van der Waals surface area contributed by atoms with E-state index in [2.05, 4.69) is 31.3 Å². The molecule has 1 unspecified atom stereocenters. The summed E-state index contributed by atoms with van der Waals surface area (Å²) < 4.78 is 11.3. The van der Waals surface area contributed by atoms with Gasteiger partial charge >= 0.3 is 0 Å². The lowest BCUT2D eigenvalue weighted by Gasteiger charge is -2.16. The Hall–Kier alpha value is -2.16. The van der Waals surface area contributed by atoms with Crippen molar-refractivity contribution in [2.24, 2.45) is 0 Å². The van der Waals surface area contributed by atoms with Crippen LogP contribution in [0.25, 0.3) is 0 Å². The molecule has 3 heteroatoms. The first-order valence-corrected chi connectivity index (χ1v) is 7.93. The number of aryl methyl sites for hydroxylation is 1. The number of hydrogen-bond donors (Lipinski definition) is 1. The molecule has 0 saturated carbocycles. The number of ether oxygens (including phenoxy) is 2. The van der Waals surface area contributed by atoms with Crippen LogP contribution in [0, 0.1) is 0 Å². The van der Waals surface area contributed by atoms with Gasteiger partial charge in [-0.1, -0.05) is 19.1 Å². The zero-order chi connectivity index (χ0) is 15.8. The van der Waals surface area contributed by atoms with Gasteiger partial charge in [-0.15, -0.1) is 0 Å². The molecule has 0 saturated heterocycles. The van der Waals surface area contributed by atoms with Crippen LogP contribution in [0.1, 0.15) is 26.3 Å². The van der Waals surface area contributed by atoms with Gasteiger partial charge < -0.3 is 14.8 Å². The molecule has 22 heavy (non-hydrogen) atoms. The molecule has 0 aromatic heterocycles. The fourth-order valence-corrected chi connectivity index (χ4v) is 2.17. The minimum atomic E-state index is 0.0963. The van der Waals surface area contributed by atoms with Crippen molar-refractivity contribution in [3.05, 3.63) is 54.1 Å². The van der Waals surface area contributed by atoms with E-state index in [-0.39, 0.29) is 6.10 Å². The minimum Gasteiger partial charge on any atom is -0.494 e. The maximum absolute atomic E-state index is 5.91. The molecule has 0 bridgehead atoms. The van der Waals surface area contributed by atoms with Crippen molar-refractivity contribution >= 4 is 5.69 Å². The van der Waals surface area contributed by atoms with Crippen molar-refractivity contribution in [3.8, 4) is 11.5 Å². The average Bonchev–Trinajstić information content (AvgIpc) is 2.55. The zero-order valence-electron chi connectivity index (χ0n) is 13.6. The molecule has 3 nitrogen and oxygen atoms in total. The normalized spacial score (nSPS) is 11.8. The highest BCUT2D eigenvalue weighted by Crippen LogP contribution is 2.17. The van der Waals surface area contributed by atoms with Crippen molar-refractivity contribution in [2.75, 3.05) is 18.5 Å². The highest BCUT2D eigenvalue weighted by Gasteiger charge is 2.04. The Kier molecular flexibility index (Phi) is 6.13. The lowest BCUT2D eigenvalue weighted by Crippen LogP contribution is -2.22. The van der Waals surface area contributed by atoms with E-state index in [9.17, 15) is 0 Å². The molecule has 1 atom stereocenters. The molecule has 0 aliphatic rings. The van der Waals surface area contributed by atoms with Gasteiger partial charge in [0.2, 0.25) is 0 Å². The van der Waals surface area contributed by atoms with Crippen LogP contribution in [0.3, 0.4) is 0 Å². The monoisotopic (exact) mass is 299 g/mol. The Morgan fingerprint density at radius 2 is 1.55 bits per heavy atom. The van der Waals surface area contributed by atoms with E-state index in [4.69, 9.17) is 9.47 Å². The molecule has 0 fully saturated rings. The molecule has 0 aliphatic heterocycles. The fraction of sp³-hybridized carbons (Fsp3) is 0.368. The summed E-state index contributed by atoms with van der Waals surface area (Å²) in [6.07, 6.45) is 1.15. The SMILES string of the molecule is CCOc1ccc(NCC(C)Oc2ccc(CC)cc2)cc1. The van der Waals surface area contributed by atoms with Gasteiger partial charge in [-0.05, 0) is 62.2 Å². The number of nitrogens with one attached hydrogen (secondary N) is 1. The van der Waals surface area contributed by atoms with E-state index in [1.165, 1.54) is 5.56 Å². The molecule has 118 valence electrons. The molecule has 0 heterocycles. The van der Waals surface area contributed by atoms with Crippen LogP contribution in [-0.2, 0) is 6.42 Å². The van der Waals surface area contributed by atoms with Crippen LogP contribution in [0.15, 0.2) is 48.5 Å². The largest absolute Gasteiger partial charge is 0.494 e. The van der Waals surface area contributed by atoms with Crippen LogP contribution in [0.4, 0.5) is 5.69 Å². The summed E-state index contributed by atoms with van der Waals surface area (Å²) in [7, 11) is 0. The van der Waals surface area contributed by atoms with Gasteiger partial charge in [0.05, 0.1) is 13.2 Å². The van der Waals surface area contributed by atoms with E-state index >= 15 is 0 Å². The number of hydrogen-bond acceptors (Lipinski definition) is 3. The van der Waals surface area contributed by atoms with Crippen molar-refractivity contribution in [1.82, 2.24) is 0 Å². The molecule has 0 amide bonds. The second-order valence-corrected chi connectivity index (χ2v) is 5.26. The molecule has 2 aromatic carbocycles. The number of benzene rings is 2. The van der Waals surface area contributed by atoms with E-state index in [0.29, 0.717) is 6.61 Å². The Morgan fingerprint density at radius 3 is 2.14 bits per heavy atom. The van der Waals surface area contributed by atoms with Crippen LogP contribution in [-0.4, -0.2) is 19.3 Å². The van der Waals surface area contributed by atoms with Crippen molar-refractivity contribution in [3.63, 3.8) is 0 Å². The Bertz CT molecular complexity index is 549. The Labute approximate surface area is 133 Å². The molecule has 0 spiro atoms. The van der Waals surface area contributed by atoms with Crippen molar-refractivity contribution in [1.29, 1.82) is 0 Å². The molecule has 2 aromatic rings. The lowest BCUT2D eigenvalue weighted by atomic mass is 10.2. The van der Waals surface area contributed by atoms with Gasteiger partial charge in [-0.25, -0.2) is 0 Å². The number of anilines is 1. The van der Waals surface area contributed by atoms with Crippen LogP contribution < -0.4 is 14.8 Å². The predicted octanol–water partition coefficient (Wildman–Crippen LogP) is 4.53. The second kappa shape index (κ2) is 8.32. The van der Waals surface area contributed by atoms with Crippen LogP contribution in [0.2, 0.25) is 0 Å². The van der Waals surface area contributed by atoms with E-state index in [0.717, 1.165) is 30.2 Å². The van der Waals surface area contributed by atoms with Gasteiger partial charge in [-0.2, -0.15) is 0 Å². The zero-order valence-corrected chi connectivity index (χ0v) is 13.6. The molecule has 2 rings (SSSR count). The average molecular weight is 299 g/mol. The summed E-state index contributed by atoms with van der Waals surface area (Å²) in [6, 6.07) is 16.3. The summed E-state index contributed by atoms with van der Waals surface area (Å²) in [5.74, 6) is 1.81. The van der Waals surface area contributed by atoms with Gasteiger partial charge in [0.25, 0.3) is 0 Å². The highest BCUT2D eigenvalue weighted by atomic mass is 16.5. The van der Waals surface area contributed by atoms with Crippen molar-refractivity contribution < 1.29 is 9.47 Å². The third kappa shape index (κ3) is 4.99. The van der Waals surface area contributed by atoms with Crippen molar-refractivity contribution in [2.45, 2.75) is 33.3 Å². The summed E-state index contributed by atoms with van der Waals surface area (Å²) >= 11 is 0. The quantitative estimate of drug-likeness (QED) is 0.777. The maximum atomic E-state index is 5.91. The number of rotatable bonds is 8. The third-order valence-corrected chi connectivity index (χ3v) is 3.43. The Morgan fingerprint density at radius 1 is 0.909 bits per heavy atom. The summed E-state index contributed by atoms with van der Waals surface area (Å²) in [5.41, 5.74) is 2.40. The Balaban J connectivity index is 1.80. The summed E-state index contributed by atoms with van der Waals surface area (Å²) in [4.78, 5) is 0. The van der Waals surface area contributed by atoms with Gasteiger partial charge in [-0.3, -0.25) is 0 Å². The van der Waals surface area contributed by atoms with E-state index in [1.807, 2.05) is 43.3 Å². The summed E-state index contributed by atoms with van der Waals surface area (Å²) in [6.45, 7) is 7.64. The molecular formula is C19H25NO2. The van der Waals surface area contributed by atoms with Crippen LogP contribution in [0.5, 0.6) is 11.5 Å². The maximum Gasteiger partial charge on any atom is 0.119 e. The lowest BCUT2D eigenvalue weighted by molar-refractivity contribution is 0.234. The molecule has 1 N–H and O–H groups in total. The summed E-state index contributed by atoms with van der Waals surface area (Å²) in [5, 5.41) is 3.38.